The van der Waals surface area contributed by atoms with Crippen molar-refractivity contribution in [3.63, 3.8) is 0 Å². The normalized spacial score (nSPS) is 10.4. The van der Waals surface area contributed by atoms with Gasteiger partial charge in [-0.25, -0.2) is 0 Å². The van der Waals surface area contributed by atoms with Crippen molar-refractivity contribution >= 4 is 28.9 Å². The van der Waals surface area contributed by atoms with Gasteiger partial charge >= 0.3 is 0 Å². The van der Waals surface area contributed by atoms with Crippen LogP contribution in [0.3, 0.4) is 0 Å². The molecule has 0 unspecified atom stereocenters. The Kier molecular flexibility index (Phi) is 10.4. The zero-order chi connectivity index (χ0) is 24.0. The highest BCUT2D eigenvalue weighted by atomic mass is 32.1. The second kappa shape index (κ2) is 14.0. The van der Waals surface area contributed by atoms with Crippen molar-refractivity contribution in [1.82, 2.24) is 5.32 Å². The van der Waals surface area contributed by atoms with Crippen molar-refractivity contribution < 1.29 is 19.0 Å². The lowest BCUT2D eigenvalue weighted by Gasteiger charge is -2.14. The van der Waals surface area contributed by atoms with Crippen LogP contribution in [0, 0.1) is 0 Å². The molecule has 178 valence electrons. The zero-order valence-electron chi connectivity index (χ0n) is 19.3. The van der Waals surface area contributed by atoms with Gasteiger partial charge in [0.25, 0.3) is 5.91 Å². The van der Waals surface area contributed by atoms with Crippen LogP contribution in [0.25, 0.3) is 0 Å². The highest BCUT2D eigenvalue weighted by Crippen LogP contribution is 2.19. The summed E-state index contributed by atoms with van der Waals surface area (Å²) < 4.78 is 16.8. The van der Waals surface area contributed by atoms with Crippen molar-refractivity contribution in [2.45, 2.75) is 19.8 Å². The number of amides is 1. The van der Waals surface area contributed by atoms with Gasteiger partial charge in [-0.2, -0.15) is 0 Å². The third kappa shape index (κ3) is 8.50. The van der Waals surface area contributed by atoms with Gasteiger partial charge in [-0.3, -0.25) is 10.1 Å². The summed E-state index contributed by atoms with van der Waals surface area (Å²) in [5.41, 5.74) is 2.43. The lowest BCUT2D eigenvalue weighted by molar-refractivity contribution is 0.0958. The van der Waals surface area contributed by atoms with Gasteiger partial charge in [0.1, 0.15) is 18.1 Å². The molecule has 3 rings (SSSR count). The fourth-order valence-electron chi connectivity index (χ4n) is 3.24. The van der Waals surface area contributed by atoms with Crippen LogP contribution in [0.4, 0.5) is 5.69 Å². The summed E-state index contributed by atoms with van der Waals surface area (Å²) in [7, 11) is 0. The summed E-state index contributed by atoms with van der Waals surface area (Å²) in [5, 5.41) is 5.93. The number of anilines is 1. The molecule has 0 saturated heterocycles. The van der Waals surface area contributed by atoms with Crippen LogP contribution in [0.5, 0.6) is 11.5 Å². The quantitative estimate of drug-likeness (QED) is 0.274. The standard InChI is InChI=1S/C27H30N2O4S/c1-2-31-18-19-33-25-16-7-6-15-24(25)26(30)29-27(34)28-22-13-8-14-23(20-22)32-17-9-12-21-10-4-3-5-11-21/h3-8,10-11,13-16,20H,2,9,12,17-19H2,1H3,(H2,28,29,30,34). The minimum Gasteiger partial charge on any atom is -0.494 e. The number of benzene rings is 3. The molecule has 1 amide bonds. The van der Waals surface area contributed by atoms with E-state index in [1.165, 1.54) is 5.56 Å². The average Bonchev–Trinajstić information content (AvgIpc) is 2.85. The summed E-state index contributed by atoms with van der Waals surface area (Å²) in [6.45, 7) is 3.96. The van der Waals surface area contributed by atoms with Crippen LogP contribution >= 0.6 is 12.2 Å². The van der Waals surface area contributed by atoms with Crippen molar-refractivity contribution in [2.75, 3.05) is 31.7 Å². The summed E-state index contributed by atoms with van der Waals surface area (Å²) in [5.74, 6) is 0.867. The fourth-order valence-corrected chi connectivity index (χ4v) is 3.45. The molecule has 0 spiro atoms. The lowest BCUT2D eigenvalue weighted by atomic mass is 10.1. The van der Waals surface area contributed by atoms with Gasteiger partial charge < -0.3 is 19.5 Å². The average molecular weight is 479 g/mol. The Bertz CT molecular complexity index is 1060. The van der Waals surface area contributed by atoms with E-state index in [-0.39, 0.29) is 11.0 Å². The molecular weight excluding hydrogens is 448 g/mol. The van der Waals surface area contributed by atoms with Gasteiger partial charge in [0.15, 0.2) is 5.11 Å². The summed E-state index contributed by atoms with van der Waals surface area (Å²) in [6, 6.07) is 24.8. The van der Waals surface area contributed by atoms with Gasteiger partial charge in [-0.15, -0.1) is 0 Å². The molecule has 0 aromatic heterocycles. The van der Waals surface area contributed by atoms with Crippen LogP contribution in [-0.4, -0.2) is 37.4 Å². The first-order valence-electron chi connectivity index (χ1n) is 11.3. The number of para-hydroxylation sites is 1. The van der Waals surface area contributed by atoms with E-state index in [2.05, 4.69) is 22.8 Å². The van der Waals surface area contributed by atoms with E-state index in [1.807, 2.05) is 55.5 Å². The van der Waals surface area contributed by atoms with E-state index in [0.717, 1.165) is 24.3 Å². The van der Waals surface area contributed by atoms with Crippen molar-refractivity contribution in [1.29, 1.82) is 0 Å². The number of nitrogens with one attached hydrogen (secondary N) is 2. The maximum Gasteiger partial charge on any atom is 0.261 e. The Labute approximate surface area is 206 Å². The summed E-state index contributed by atoms with van der Waals surface area (Å²) in [6.07, 6.45) is 1.88. The van der Waals surface area contributed by atoms with Crippen LogP contribution in [-0.2, 0) is 11.2 Å². The SMILES string of the molecule is CCOCCOc1ccccc1C(=O)NC(=S)Nc1cccc(OCCCc2ccccc2)c1. The van der Waals surface area contributed by atoms with E-state index in [9.17, 15) is 4.79 Å². The number of carbonyl (C=O) groups is 1. The molecule has 0 heterocycles. The molecule has 7 heteroatoms. The molecule has 34 heavy (non-hydrogen) atoms. The summed E-state index contributed by atoms with van der Waals surface area (Å²) in [4.78, 5) is 12.7. The smallest absolute Gasteiger partial charge is 0.261 e. The molecule has 3 aromatic carbocycles. The minimum atomic E-state index is -0.349. The number of hydrogen-bond donors (Lipinski definition) is 2. The number of rotatable bonds is 12. The Balaban J connectivity index is 1.48. The van der Waals surface area contributed by atoms with Crippen LogP contribution in [0.2, 0.25) is 0 Å². The molecule has 0 aliphatic heterocycles. The molecule has 0 aliphatic rings. The highest BCUT2D eigenvalue weighted by molar-refractivity contribution is 7.80. The van der Waals surface area contributed by atoms with E-state index in [0.29, 0.717) is 37.7 Å². The zero-order valence-corrected chi connectivity index (χ0v) is 20.1. The van der Waals surface area contributed by atoms with Crippen molar-refractivity contribution in [3.05, 3.63) is 90.0 Å². The first-order valence-corrected chi connectivity index (χ1v) is 11.7. The third-order valence-electron chi connectivity index (χ3n) is 4.86. The maximum atomic E-state index is 12.7. The largest absolute Gasteiger partial charge is 0.494 e. The number of carbonyl (C=O) groups excluding carboxylic acids is 1. The predicted octanol–water partition coefficient (Wildman–Crippen LogP) is 5.24. The number of aryl methyl sites for hydroxylation is 1. The Morgan fingerprint density at radius 1 is 0.882 bits per heavy atom. The summed E-state index contributed by atoms with van der Waals surface area (Å²) >= 11 is 5.34. The maximum absolute atomic E-state index is 12.7. The lowest BCUT2D eigenvalue weighted by Crippen LogP contribution is -2.34. The van der Waals surface area contributed by atoms with Crippen LogP contribution in [0.15, 0.2) is 78.9 Å². The van der Waals surface area contributed by atoms with Crippen molar-refractivity contribution in [2.24, 2.45) is 0 Å². The van der Waals surface area contributed by atoms with Gasteiger partial charge in [-0.1, -0.05) is 48.5 Å². The Hall–Kier alpha value is -3.42. The second-order valence-electron chi connectivity index (χ2n) is 7.42. The minimum absolute atomic E-state index is 0.190. The number of ether oxygens (including phenoxy) is 3. The molecule has 2 N–H and O–H groups in total. The first-order chi connectivity index (χ1) is 16.7. The van der Waals surface area contributed by atoms with Gasteiger partial charge in [0.2, 0.25) is 0 Å². The fraction of sp³-hybridized carbons (Fsp3) is 0.259. The van der Waals surface area contributed by atoms with Gasteiger partial charge in [0.05, 0.1) is 18.8 Å². The topological polar surface area (TPSA) is 68.8 Å². The first kappa shape index (κ1) is 25.2. The number of hydrogen-bond acceptors (Lipinski definition) is 5. The van der Waals surface area contributed by atoms with Crippen LogP contribution in [0.1, 0.15) is 29.3 Å². The van der Waals surface area contributed by atoms with Gasteiger partial charge in [0, 0.05) is 18.4 Å². The molecular formula is C27H30N2O4S. The predicted molar refractivity (Wildman–Crippen MR) is 139 cm³/mol. The Morgan fingerprint density at radius 3 is 2.50 bits per heavy atom. The second-order valence-corrected chi connectivity index (χ2v) is 7.82. The van der Waals surface area contributed by atoms with E-state index < -0.39 is 0 Å². The van der Waals surface area contributed by atoms with Crippen LogP contribution < -0.4 is 20.1 Å². The molecule has 0 bridgehead atoms. The molecule has 0 radical (unpaired) electrons. The molecule has 3 aromatic rings. The van der Waals surface area contributed by atoms with E-state index in [4.69, 9.17) is 26.4 Å². The molecule has 0 atom stereocenters. The molecule has 0 fully saturated rings. The molecule has 0 aliphatic carbocycles. The highest BCUT2D eigenvalue weighted by Gasteiger charge is 2.14. The van der Waals surface area contributed by atoms with E-state index in [1.54, 1.807) is 18.2 Å². The third-order valence-corrected chi connectivity index (χ3v) is 5.07. The van der Waals surface area contributed by atoms with Crippen molar-refractivity contribution in [3.8, 4) is 11.5 Å². The Morgan fingerprint density at radius 2 is 1.68 bits per heavy atom. The number of thiocarbonyl (C=S) groups is 1. The van der Waals surface area contributed by atoms with E-state index >= 15 is 0 Å². The van der Waals surface area contributed by atoms with Gasteiger partial charge in [-0.05, 0) is 61.8 Å². The monoisotopic (exact) mass is 478 g/mol. The molecule has 0 saturated carbocycles. The molecule has 6 nitrogen and oxygen atoms in total.